The third-order valence-corrected chi connectivity index (χ3v) is 2.91. The second kappa shape index (κ2) is 4.80. The van der Waals surface area contributed by atoms with Gasteiger partial charge < -0.3 is 0 Å². The Hall–Kier alpha value is -2.63. The van der Waals surface area contributed by atoms with E-state index in [-0.39, 0.29) is 12.1 Å². The van der Waals surface area contributed by atoms with Crippen molar-refractivity contribution >= 4 is 11.0 Å². The summed E-state index contributed by atoms with van der Waals surface area (Å²) < 4.78 is 27.7. The number of hydrogen-bond acceptors (Lipinski definition) is 3. The first-order valence-corrected chi connectivity index (χ1v) is 5.88. The molecule has 0 atom stereocenters. The molecule has 0 bridgehead atoms. The minimum atomic E-state index is -0.678. The lowest BCUT2D eigenvalue weighted by atomic mass is 10.2. The van der Waals surface area contributed by atoms with Crippen LogP contribution in [0.2, 0.25) is 0 Å². The van der Waals surface area contributed by atoms with Gasteiger partial charge in [-0.2, -0.15) is 0 Å². The molecule has 0 unspecified atom stereocenters. The van der Waals surface area contributed by atoms with Gasteiger partial charge in [0.25, 0.3) is 5.56 Å². The fourth-order valence-electron chi connectivity index (χ4n) is 2.07. The Morgan fingerprint density at radius 3 is 2.60 bits per heavy atom. The average molecular weight is 273 g/mol. The van der Waals surface area contributed by atoms with E-state index in [2.05, 4.69) is 9.97 Å². The molecule has 20 heavy (non-hydrogen) atoms. The predicted molar refractivity (Wildman–Crippen MR) is 69.3 cm³/mol. The highest BCUT2D eigenvalue weighted by Gasteiger charge is 2.07. The maximum Gasteiger partial charge on any atom is 0.252 e. The van der Waals surface area contributed by atoms with E-state index in [1.165, 1.54) is 29.1 Å². The predicted octanol–water partition coefficient (Wildman–Crippen LogP) is 2.12. The summed E-state index contributed by atoms with van der Waals surface area (Å²) in [4.78, 5) is 19.8. The van der Waals surface area contributed by atoms with Crippen LogP contribution in [0, 0.1) is 11.6 Å². The summed E-state index contributed by atoms with van der Waals surface area (Å²) in [6.07, 6.45) is 2.90. The van der Waals surface area contributed by atoms with Gasteiger partial charge in [-0.15, -0.1) is 0 Å². The van der Waals surface area contributed by atoms with E-state index in [9.17, 15) is 13.6 Å². The number of aromatic nitrogens is 3. The molecule has 0 aliphatic rings. The van der Waals surface area contributed by atoms with Crippen LogP contribution in [0.1, 0.15) is 5.56 Å². The Balaban J connectivity index is 2.15. The van der Waals surface area contributed by atoms with Gasteiger partial charge in [-0.3, -0.25) is 9.36 Å². The van der Waals surface area contributed by atoms with Gasteiger partial charge in [0.15, 0.2) is 0 Å². The molecule has 2 aromatic heterocycles. The molecule has 0 amide bonds. The fourth-order valence-corrected chi connectivity index (χ4v) is 2.07. The zero-order valence-electron chi connectivity index (χ0n) is 10.3. The zero-order valence-corrected chi connectivity index (χ0v) is 10.3. The van der Waals surface area contributed by atoms with Gasteiger partial charge in [0.05, 0.1) is 6.54 Å². The van der Waals surface area contributed by atoms with Crippen molar-refractivity contribution in [2.45, 2.75) is 6.54 Å². The molecule has 6 heteroatoms. The van der Waals surface area contributed by atoms with Crippen LogP contribution in [0.25, 0.3) is 11.0 Å². The quantitative estimate of drug-likeness (QED) is 0.718. The van der Waals surface area contributed by atoms with Crippen LogP contribution in [0.5, 0.6) is 0 Å². The molecule has 0 fully saturated rings. The standard InChI is InChI=1S/C14H9F2N3O/c15-11-3-9(4-12(16)5-11)7-19-13(20)2-1-10-6-17-8-18-14(10)19/h1-6,8H,7H2. The number of benzene rings is 1. The molecule has 0 aliphatic heterocycles. The number of rotatable bonds is 2. The first-order valence-electron chi connectivity index (χ1n) is 5.88. The van der Waals surface area contributed by atoms with E-state index in [1.54, 1.807) is 12.3 Å². The molecule has 100 valence electrons. The van der Waals surface area contributed by atoms with Crippen molar-refractivity contribution in [2.75, 3.05) is 0 Å². The summed E-state index contributed by atoms with van der Waals surface area (Å²) in [6, 6.07) is 6.16. The van der Waals surface area contributed by atoms with Gasteiger partial charge in [-0.25, -0.2) is 18.7 Å². The number of hydrogen-bond donors (Lipinski definition) is 0. The van der Waals surface area contributed by atoms with Crippen molar-refractivity contribution < 1.29 is 8.78 Å². The molecule has 0 radical (unpaired) electrons. The van der Waals surface area contributed by atoms with E-state index < -0.39 is 11.6 Å². The lowest BCUT2D eigenvalue weighted by Gasteiger charge is -2.09. The highest BCUT2D eigenvalue weighted by atomic mass is 19.1. The van der Waals surface area contributed by atoms with Crippen molar-refractivity contribution in [2.24, 2.45) is 0 Å². The Morgan fingerprint density at radius 2 is 1.85 bits per heavy atom. The van der Waals surface area contributed by atoms with Gasteiger partial charge in [0.1, 0.15) is 23.6 Å². The van der Waals surface area contributed by atoms with Gasteiger partial charge in [-0.1, -0.05) is 0 Å². The number of nitrogens with zero attached hydrogens (tertiary/aromatic N) is 3. The Morgan fingerprint density at radius 1 is 1.10 bits per heavy atom. The van der Waals surface area contributed by atoms with E-state index in [0.29, 0.717) is 16.6 Å². The molecule has 0 aliphatic carbocycles. The second-order valence-electron chi connectivity index (χ2n) is 4.34. The lowest BCUT2D eigenvalue weighted by Crippen LogP contribution is -2.20. The van der Waals surface area contributed by atoms with Crippen molar-refractivity contribution in [3.63, 3.8) is 0 Å². The van der Waals surface area contributed by atoms with Crippen molar-refractivity contribution in [1.82, 2.24) is 14.5 Å². The highest BCUT2D eigenvalue weighted by Crippen LogP contribution is 2.12. The van der Waals surface area contributed by atoms with E-state index in [1.807, 2.05) is 0 Å². The normalized spacial score (nSPS) is 10.9. The maximum atomic E-state index is 13.2. The SMILES string of the molecule is O=c1ccc2cncnc2n1Cc1cc(F)cc(F)c1. The Kier molecular flexibility index (Phi) is 2.98. The summed E-state index contributed by atoms with van der Waals surface area (Å²) >= 11 is 0. The zero-order chi connectivity index (χ0) is 14.1. The molecule has 2 heterocycles. The minimum Gasteiger partial charge on any atom is -0.288 e. The summed E-state index contributed by atoms with van der Waals surface area (Å²) in [5.74, 6) is -1.36. The Bertz CT molecular complexity index is 825. The first kappa shape index (κ1) is 12.4. The molecule has 1 aromatic carbocycles. The molecule has 3 rings (SSSR count). The second-order valence-corrected chi connectivity index (χ2v) is 4.34. The van der Waals surface area contributed by atoms with E-state index in [4.69, 9.17) is 0 Å². The van der Waals surface area contributed by atoms with Crippen LogP contribution in [-0.4, -0.2) is 14.5 Å². The van der Waals surface area contributed by atoms with Crippen LogP contribution in [-0.2, 0) is 6.54 Å². The minimum absolute atomic E-state index is 0.0435. The van der Waals surface area contributed by atoms with Crippen molar-refractivity contribution in [3.8, 4) is 0 Å². The number of fused-ring (bicyclic) bond motifs is 1. The first-order chi connectivity index (χ1) is 9.63. The Labute approximate surface area is 112 Å². The third kappa shape index (κ3) is 2.27. The largest absolute Gasteiger partial charge is 0.288 e. The van der Waals surface area contributed by atoms with Crippen LogP contribution in [0.3, 0.4) is 0 Å². The van der Waals surface area contributed by atoms with Crippen molar-refractivity contribution in [3.05, 3.63) is 70.4 Å². The summed E-state index contributed by atoms with van der Waals surface area (Å²) in [5.41, 5.74) is 0.494. The molecule has 0 saturated carbocycles. The number of pyridine rings is 1. The van der Waals surface area contributed by atoms with Crippen LogP contribution in [0.15, 0.2) is 47.7 Å². The average Bonchev–Trinajstić information content (AvgIpc) is 2.41. The third-order valence-electron chi connectivity index (χ3n) is 2.91. The molecule has 3 aromatic rings. The lowest BCUT2D eigenvalue weighted by molar-refractivity contribution is 0.577. The summed E-state index contributed by atoms with van der Waals surface area (Å²) in [6.45, 7) is 0.0435. The van der Waals surface area contributed by atoms with Gasteiger partial charge in [-0.05, 0) is 23.8 Å². The van der Waals surface area contributed by atoms with Gasteiger partial charge in [0.2, 0.25) is 0 Å². The number of halogens is 2. The summed E-state index contributed by atoms with van der Waals surface area (Å²) in [7, 11) is 0. The van der Waals surface area contributed by atoms with Crippen LogP contribution >= 0.6 is 0 Å². The highest BCUT2D eigenvalue weighted by molar-refractivity contribution is 5.73. The molecule has 4 nitrogen and oxygen atoms in total. The van der Waals surface area contributed by atoms with Gasteiger partial charge >= 0.3 is 0 Å². The summed E-state index contributed by atoms with van der Waals surface area (Å²) in [5, 5.41) is 0.684. The van der Waals surface area contributed by atoms with Crippen LogP contribution < -0.4 is 5.56 Å². The molecule has 0 spiro atoms. The van der Waals surface area contributed by atoms with E-state index >= 15 is 0 Å². The molecule has 0 saturated heterocycles. The maximum absolute atomic E-state index is 13.2. The van der Waals surface area contributed by atoms with Crippen LogP contribution in [0.4, 0.5) is 8.78 Å². The molecular formula is C14H9F2N3O. The van der Waals surface area contributed by atoms with Gasteiger partial charge in [0, 0.05) is 23.7 Å². The monoisotopic (exact) mass is 273 g/mol. The van der Waals surface area contributed by atoms with E-state index in [0.717, 1.165) is 6.07 Å². The van der Waals surface area contributed by atoms with Crippen molar-refractivity contribution in [1.29, 1.82) is 0 Å². The molecular weight excluding hydrogens is 264 g/mol. The topological polar surface area (TPSA) is 47.8 Å². The fraction of sp³-hybridized carbons (Fsp3) is 0.0714. The smallest absolute Gasteiger partial charge is 0.252 e. The molecule has 0 N–H and O–H groups in total.